The van der Waals surface area contributed by atoms with Crippen molar-refractivity contribution in [1.29, 1.82) is 0 Å². The molecule has 1 unspecified atom stereocenters. The van der Waals surface area contributed by atoms with Gasteiger partial charge in [0.15, 0.2) is 0 Å². The average molecular weight is 309 g/mol. The van der Waals surface area contributed by atoms with Crippen LogP contribution in [0, 0.1) is 5.92 Å². The minimum Gasteiger partial charge on any atom is -0.349 e. The van der Waals surface area contributed by atoms with Crippen molar-refractivity contribution >= 4 is 40.7 Å². The van der Waals surface area contributed by atoms with Gasteiger partial charge in [-0.25, -0.2) is 0 Å². The van der Waals surface area contributed by atoms with Gasteiger partial charge in [0.05, 0.1) is 10.0 Å². The highest BCUT2D eigenvalue weighted by atomic mass is 35.5. The zero-order chi connectivity index (χ0) is 13.7. The number of carbonyl (C=O) groups is 1. The summed E-state index contributed by atoms with van der Waals surface area (Å²) in [5, 5.41) is 3.77. The van der Waals surface area contributed by atoms with Crippen LogP contribution in [0.1, 0.15) is 30.6 Å². The van der Waals surface area contributed by atoms with E-state index in [1.807, 2.05) is 13.8 Å². The molecular formula is C13H16Cl3NO. The summed E-state index contributed by atoms with van der Waals surface area (Å²) < 4.78 is 0. The van der Waals surface area contributed by atoms with Crippen molar-refractivity contribution in [3.8, 4) is 0 Å². The molecule has 1 N–H and O–H groups in total. The minimum absolute atomic E-state index is 0.0597. The molecule has 1 aromatic carbocycles. The van der Waals surface area contributed by atoms with Crippen LogP contribution >= 0.6 is 34.8 Å². The number of carbonyl (C=O) groups excluding carboxylic acids is 1. The molecule has 0 aromatic heterocycles. The zero-order valence-corrected chi connectivity index (χ0v) is 12.6. The molecule has 100 valence electrons. The summed E-state index contributed by atoms with van der Waals surface area (Å²) in [5.74, 6) is 0.692. The van der Waals surface area contributed by atoms with E-state index in [9.17, 15) is 4.79 Å². The lowest BCUT2D eigenvalue weighted by atomic mass is 10.0. The van der Waals surface area contributed by atoms with Crippen LogP contribution in [-0.2, 0) is 0 Å². The second-order valence-corrected chi connectivity index (χ2v) is 5.62. The third kappa shape index (κ3) is 4.34. The maximum absolute atomic E-state index is 12.0. The molecule has 0 aliphatic rings. The summed E-state index contributed by atoms with van der Waals surface area (Å²) in [6.45, 7) is 4.10. The van der Waals surface area contributed by atoms with Gasteiger partial charge in [0.2, 0.25) is 0 Å². The molecule has 0 bridgehead atoms. The van der Waals surface area contributed by atoms with Gasteiger partial charge in [0.1, 0.15) is 0 Å². The van der Waals surface area contributed by atoms with Crippen molar-refractivity contribution < 1.29 is 4.79 Å². The van der Waals surface area contributed by atoms with Crippen LogP contribution in [0.4, 0.5) is 0 Å². The molecule has 5 heteroatoms. The first kappa shape index (κ1) is 15.6. The van der Waals surface area contributed by atoms with Crippen molar-refractivity contribution in [2.45, 2.75) is 26.3 Å². The van der Waals surface area contributed by atoms with Gasteiger partial charge in [-0.2, -0.15) is 0 Å². The normalized spacial score (nSPS) is 12.6. The maximum Gasteiger partial charge on any atom is 0.251 e. The largest absolute Gasteiger partial charge is 0.349 e. The Morgan fingerprint density at radius 1 is 1.28 bits per heavy atom. The second kappa shape index (κ2) is 7.22. The van der Waals surface area contributed by atoms with Crippen LogP contribution in [0.15, 0.2) is 18.2 Å². The fraction of sp³-hybridized carbons (Fsp3) is 0.462. The lowest BCUT2D eigenvalue weighted by Gasteiger charge is -2.21. The summed E-state index contributed by atoms with van der Waals surface area (Å²) in [6, 6.07) is 4.90. The molecule has 0 fully saturated rings. The molecule has 0 saturated carbocycles. The molecule has 2 nitrogen and oxygen atoms in total. The molecule has 0 saturated heterocycles. The summed E-state index contributed by atoms with van der Waals surface area (Å²) in [7, 11) is 0. The number of amides is 1. The van der Waals surface area contributed by atoms with Gasteiger partial charge in [0.25, 0.3) is 5.91 Å². The van der Waals surface area contributed by atoms with Crippen LogP contribution in [0.25, 0.3) is 0 Å². The Bertz CT molecular complexity index is 421. The number of rotatable bonds is 5. The first-order valence-corrected chi connectivity index (χ1v) is 7.06. The number of halogens is 3. The number of hydrogen-bond donors (Lipinski definition) is 1. The Balaban J connectivity index is 2.77. The quantitative estimate of drug-likeness (QED) is 0.804. The molecule has 0 radical (unpaired) electrons. The summed E-state index contributed by atoms with van der Waals surface area (Å²) >= 11 is 17.4. The van der Waals surface area contributed by atoms with E-state index >= 15 is 0 Å². The van der Waals surface area contributed by atoms with E-state index in [4.69, 9.17) is 34.8 Å². The predicted octanol–water partition coefficient (Wildman–Crippen LogP) is 4.38. The van der Waals surface area contributed by atoms with Gasteiger partial charge in [0, 0.05) is 17.5 Å². The SMILES string of the molecule is CC(C)C(CCCl)NC(=O)c1ccc(Cl)c(Cl)c1. The van der Waals surface area contributed by atoms with Gasteiger partial charge in [-0.3, -0.25) is 4.79 Å². The molecule has 18 heavy (non-hydrogen) atoms. The predicted molar refractivity (Wildman–Crippen MR) is 77.9 cm³/mol. The van der Waals surface area contributed by atoms with Crippen molar-refractivity contribution in [1.82, 2.24) is 5.32 Å². The standard InChI is InChI=1S/C13H16Cl3NO/c1-8(2)12(5-6-14)17-13(18)9-3-4-10(15)11(16)7-9/h3-4,7-8,12H,5-6H2,1-2H3,(H,17,18). The van der Waals surface area contributed by atoms with Gasteiger partial charge >= 0.3 is 0 Å². The molecule has 0 aliphatic carbocycles. The van der Waals surface area contributed by atoms with E-state index in [2.05, 4.69) is 5.32 Å². The van der Waals surface area contributed by atoms with E-state index in [1.165, 1.54) is 0 Å². The molecule has 0 heterocycles. The van der Waals surface area contributed by atoms with E-state index in [-0.39, 0.29) is 11.9 Å². The molecule has 0 spiro atoms. The number of nitrogens with one attached hydrogen (secondary N) is 1. The number of benzene rings is 1. The summed E-state index contributed by atoms with van der Waals surface area (Å²) in [4.78, 5) is 12.0. The monoisotopic (exact) mass is 307 g/mol. The Morgan fingerprint density at radius 2 is 1.94 bits per heavy atom. The summed E-state index contributed by atoms with van der Waals surface area (Å²) in [6.07, 6.45) is 0.742. The fourth-order valence-corrected chi connectivity index (χ4v) is 2.11. The van der Waals surface area contributed by atoms with Crippen LogP contribution in [-0.4, -0.2) is 17.8 Å². The number of hydrogen-bond acceptors (Lipinski definition) is 1. The van der Waals surface area contributed by atoms with E-state index in [0.717, 1.165) is 6.42 Å². The van der Waals surface area contributed by atoms with Crippen molar-refractivity contribution in [3.05, 3.63) is 33.8 Å². The lowest BCUT2D eigenvalue weighted by molar-refractivity contribution is 0.0925. The van der Waals surface area contributed by atoms with Gasteiger partial charge < -0.3 is 5.32 Å². The van der Waals surface area contributed by atoms with E-state index < -0.39 is 0 Å². The van der Waals surface area contributed by atoms with Crippen molar-refractivity contribution in [2.75, 3.05) is 5.88 Å². The average Bonchev–Trinajstić information content (AvgIpc) is 2.31. The number of alkyl halides is 1. The van der Waals surface area contributed by atoms with E-state index in [0.29, 0.717) is 27.4 Å². The minimum atomic E-state index is -0.155. The van der Waals surface area contributed by atoms with E-state index in [1.54, 1.807) is 18.2 Å². The smallest absolute Gasteiger partial charge is 0.251 e. The Morgan fingerprint density at radius 3 is 2.44 bits per heavy atom. The van der Waals surface area contributed by atoms with Crippen LogP contribution in [0.3, 0.4) is 0 Å². The third-order valence-corrected chi connectivity index (χ3v) is 3.68. The molecular weight excluding hydrogens is 293 g/mol. The highest BCUT2D eigenvalue weighted by Crippen LogP contribution is 2.22. The first-order chi connectivity index (χ1) is 8.45. The molecule has 1 atom stereocenters. The van der Waals surface area contributed by atoms with Crippen molar-refractivity contribution in [2.24, 2.45) is 5.92 Å². The van der Waals surface area contributed by atoms with Crippen molar-refractivity contribution in [3.63, 3.8) is 0 Å². The van der Waals surface area contributed by atoms with Gasteiger partial charge in [-0.1, -0.05) is 37.0 Å². The second-order valence-electron chi connectivity index (χ2n) is 4.43. The molecule has 1 amide bonds. The Labute approximate surface area is 123 Å². The highest BCUT2D eigenvalue weighted by Gasteiger charge is 2.17. The highest BCUT2D eigenvalue weighted by molar-refractivity contribution is 6.42. The fourth-order valence-electron chi connectivity index (χ4n) is 1.58. The molecule has 0 aliphatic heterocycles. The third-order valence-electron chi connectivity index (χ3n) is 2.72. The maximum atomic E-state index is 12.0. The Kier molecular flexibility index (Phi) is 6.27. The van der Waals surface area contributed by atoms with Gasteiger partial charge in [-0.05, 0) is 30.5 Å². The van der Waals surface area contributed by atoms with Crippen LogP contribution in [0.5, 0.6) is 0 Å². The van der Waals surface area contributed by atoms with Crippen LogP contribution in [0.2, 0.25) is 10.0 Å². The lowest BCUT2D eigenvalue weighted by Crippen LogP contribution is -2.38. The van der Waals surface area contributed by atoms with Gasteiger partial charge in [-0.15, -0.1) is 11.6 Å². The first-order valence-electron chi connectivity index (χ1n) is 5.77. The molecule has 1 aromatic rings. The Hall–Kier alpha value is -0.440. The topological polar surface area (TPSA) is 29.1 Å². The van der Waals surface area contributed by atoms with Crippen LogP contribution < -0.4 is 5.32 Å². The summed E-state index contributed by atoms with van der Waals surface area (Å²) in [5.41, 5.74) is 0.504. The molecule has 1 rings (SSSR count). The zero-order valence-electron chi connectivity index (χ0n) is 10.3.